The third-order valence-electron chi connectivity index (χ3n) is 1.54. The molecule has 0 bridgehead atoms. The highest BCUT2D eigenvalue weighted by atomic mass is 16.4. The number of rotatable bonds is 2. The van der Waals surface area contributed by atoms with Gasteiger partial charge in [-0.25, -0.2) is 9.78 Å². The van der Waals surface area contributed by atoms with Gasteiger partial charge < -0.3 is 10.1 Å². The summed E-state index contributed by atoms with van der Waals surface area (Å²) in [4.78, 5) is 17.2. The molecule has 2 N–H and O–H groups in total. The number of carboxylic acid groups (broad SMARTS) is 1. The molecular formula is C8H10N2O2. The van der Waals surface area contributed by atoms with E-state index in [9.17, 15) is 4.79 Å². The molecule has 1 aromatic rings. The van der Waals surface area contributed by atoms with Gasteiger partial charge in [-0.3, -0.25) is 0 Å². The fourth-order valence-corrected chi connectivity index (χ4v) is 1.01. The summed E-state index contributed by atoms with van der Waals surface area (Å²) in [7, 11) is 0. The van der Waals surface area contributed by atoms with Crippen molar-refractivity contribution in [3.8, 4) is 0 Å². The molecule has 12 heavy (non-hydrogen) atoms. The molecule has 0 atom stereocenters. The van der Waals surface area contributed by atoms with Gasteiger partial charge in [-0.05, 0) is 19.4 Å². The number of hydrogen-bond donors (Lipinski definition) is 2. The lowest BCUT2D eigenvalue weighted by molar-refractivity contribution is -0.131. The molecule has 0 saturated carbocycles. The van der Waals surface area contributed by atoms with Gasteiger partial charge in [0.15, 0.2) is 0 Å². The summed E-state index contributed by atoms with van der Waals surface area (Å²) in [6, 6.07) is 0. The van der Waals surface area contributed by atoms with Crippen LogP contribution in [0.2, 0.25) is 0 Å². The van der Waals surface area contributed by atoms with Crippen molar-refractivity contribution in [2.24, 2.45) is 0 Å². The zero-order chi connectivity index (χ0) is 9.14. The van der Waals surface area contributed by atoms with Crippen LogP contribution in [-0.2, 0) is 4.79 Å². The molecule has 0 aliphatic carbocycles. The zero-order valence-electron chi connectivity index (χ0n) is 6.96. The Kier molecular flexibility index (Phi) is 2.28. The molecular weight excluding hydrogens is 156 g/mol. The van der Waals surface area contributed by atoms with Gasteiger partial charge in [0.1, 0.15) is 0 Å². The van der Waals surface area contributed by atoms with Gasteiger partial charge in [0.2, 0.25) is 0 Å². The molecule has 0 aromatic carbocycles. The Labute approximate surface area is 70.0 Å². The highest BCUT2D eigenvalue weighted by Gasteiger charge is 2.03. The average Bonchev–Trinajstić information content (AvgIpc) is 2.33. The third-order valence-corrected chi connectivity index (χ3v) is 1.54. The number of imidazole rings is 1. The minimum atomic E-state index is -0.949. The van der Waals surface area contributed by atoms with Crippen molar-refractivity contribution in [3.63, 3.8) is 0 Å². The first-order chi connectivity index (χ1) is 5.61. The number of nitrogens with zero attached hydrogens (tertiary/aromatic N) is 1. The van der Waals surface area contributed by atoms with E-state index < -0.39 is 5.97 Å². The monoisotopic (exact) mass is 166 g/mol. The van der Waals surface area contributed by atoms with Gasteiger partial charge in [-0.15, -0.1) is 0 Å². The van der Waals surface area contributed by atoms with E-state index in [1.165, 1.54) is 0 Å². The summed E-state index contributed by atoms with van der Waals surface area (Å²) < 4.78 is 0. The van der Waals surface area contributed by atoms with Crippen molar-refractivity contribution in [1.29, 1.82) is 0 Å². The van der Waals surface area contributed by atoms with Crippen molar-refractivity contribution >= 4 is 11.5 Å². The number of H-pyrrole nitrogens is 1. The lowest BCUT2D eigenvalue weighted by atomic mass is 10.2. The second-order valence-corrected chi connectivity index (χ2v) is 2.54. The van der Waals surface area contributed by atoms with Crippen molar-refractivity contribution < 1.29 is 9.90 Å². The van der Waals surface area contributed by atoms with Crippen LogP contribution in [0.25, 0.3) is 5.57 Å². The molecule has 0 spiro atoms. The van der Waals surface area contributed by atoms with Crippen LogP contribution < -0.4 is 0 Å². The van der Waals surface area contributed by atoms with E-state index in [0.717, 1.165) is 11.8 Å². The van der Waals surface area contributed by atoms with E-state index in [2.05, 4.69) is 9.97 Å². The fourth-order valence-electron chi connectivity index (χ4n) is 1.01. The molecule has 64 valence electrons. The number of aliphatic carboxylic acids is 1. The molecule has 0 saturated heterocycles. The molecule has 0 aliphatic heterocycles. The lowest BCUT2D eigenvalue weighted by Gasteiger charge is -1.95. The largest absolute Gasteiger partial charge is 0.478 e. The molecule has 0 radical (unpaired) electrons. The molecule has 0 aliphatic rings. The van der Waals surface area contributed by atoms with Gasteiger partial charge in [0, 0.05) is 11.8 Å². The number of nitrogens with one attached hydrogen (secondary N) is 1. The van der Waals surface area contributed by atoms with Gasteiger partial charge in [-0.1, -0.05) is 0 Å². The number of hydrogen-bond acceptors (Lipinski definition) is 2. The van der Waals surface area contributed by atoms with Crippen LogP contribution >= 0.6 is 0 Å². The highest BCUT2D eigenvalue weighted by molar-refractivity contribution is 5.89. The molecule has 1 heterocycles. The number of aryl methyl sites for hydroxylation is 1. The van der Waals surface area contributed by atoms with Crippen LogP contribution in [0, 0.1) is 6.92 Å². The van der Waals surface area contributed by atoms with E-state index in [1.807, 2.05) is 6.92 Å². The molecule has 0 amide bonds. The first kappa shape index (κ1) is 8.52. The van der Waals surface area contributed by atoms with E-state index >= 15 is 0 Å². The van der Waals surface area contributed by atoms with Crippen LogP contribution in [0.3, 0.4) is 0 Å². The summed E-state index contributed by atoms with van der Waals surface area (Å²) in [6.07, 6.45) is 2.69. The normalized spacial score (nSPS) is 11.7. The molecule has 0 fully saturated rings. The van der Waals surface area contributed by atoms with Crippen LogP contribution in [0.4, 0.5) is 0 Å². The number of carboxylic acids is 1. The van der Waals surface area contributed by atoms with Crippen molar-refractivity contribution in [1.82, 2.24) is 9.97 Å². The Hall–Kier alpha value is -1.58. The Morgan fingerprint density at radius 3 is 2.83 bits per heavy atom. The first-order valence-electron chi connectivity index (χ1n) is 3.53. The summed E-state index contributed by atoms with van der Waals surface area (Å²) >= 11 is 0. The van der Waals surface area contributed by atoms with Gasteiger partial charge >= 0.3 is 5.97 Å². The van der Waals surface area contributed by atoms with Crippen molar-refractivity contribution in [2.75, 3.05) is 0 Å². The smallest absolute Gasteiger partial charge is 0.328 e. The number of carbonyl (C=O) groups is 1. The second-order valence-electron chi connectivity index (χ2n) is 2.54. The molecule has 1 rings (SSSR count). The fraction of sp³-hybridized carbons (Fsp3) is 0.250. The van der Waals surface area contributed by atoms with Crippen LogP contribution in [-0.4, -0.2) is 21.0 Å². The van der Waals surface area contributed by atoms with E-state index in [0.29, 0.717) is 11.3 Å². The summed E-state index contributed by atoms with van der Waals surface area (Å²) in [5.74, 6) is -0.949. The maximum atomic E-state index is 10.3. The van der Waals surface area contributed by atoms with E-state index in [-0.39, 0.29) is 0 Å². The van der Waals surface area contributed by atoms with E-state index in [1.54, 1.807) is 13.3 Å². The zero-order valence-corrected chi connectivity index (χ0v) is 6.96. The first-order valence-corrected chi connectivity index (χ1v) is 3.53. The lowest BCUT2D eigenvalue weighted by Crippen LogP contribution is -1.91. The van der Waals surface area contributed by atoms with Crippen LogP contribution in [0.5, 0.6) is 0 Å². The van der Waals surface area contributed by atoms with Crippen molar-refractivity contribution in [3.05, 3.63) is 23.8 Å². The predicted molar refractivity (Wildman–Crippen MR) is 44.6 cm³/mol. The van der Waals surface area contributed by atoms with E-state index in [4.69, 9.17) is 5.11 Å². The topological polar surface area (TPSA) is 66.0 Å². The average molecular weight is 166 g/mol. The second kappa shape index (κ2) is 3.21. The highest BCUT2D eigenvalue weighted by Crippen LogP contribution is 2.12. The summed E-state index contributed by atoms with van der Waals surface area (Å²) in [6.45, 7) is 3.57. The number of allylic oxidation sites excluding steroid dienone is 1. The van der Waals surface area contributed by atoms with Crippen molar-refractivity contribution in [2.45, 2.75) is 13.8 Å². The summed E-state index contributed by atoms with van der Waals surface area (Å²) in [5.41, 5.74) is 2.24. The van der Waals surface area contributed by atoms with Crippen LogP contribution in [0.1, 0.15) is 18.3 Å². The Balaban J connectivity index is 2.99. The third kappa shape index (κ3) is 1.72. The Morgan fingerprint density at radius 2 is 2.42 bits per heavy atom. The quantitative estimate of drug-likeness (QED) is 0.649. The number of aromatic amines is 1. The van der Waals surface area contributed by atoms with Crippen LogP contribution in [0.15, 0.2) is 12.4 Å². The Morgan fingerprint density at radius 1 is 1.75 bits per heavy atom. The van der Waals surface area contributed by atoms with Gasteiger partial charge in [0.05, 0.1) is 12.0 Å². The predicted octanol–water partition coefficient (Wildman–Crippen LogP) is 1.21. The maximum absolute atomic E-state index is 10.3. The minimum Gasteiger partial charge on any atom is -0.478 e. The molecule has 4 nitrogen and oxygen atoms in total. The standard InChI is InChI=1S/C8H10N2O2/c1-5(3-7(11)12)8-6(2)9-4-10-8/h3-4H,1-2H3,(H,9,10)(H,11,12)/b5-3+. The SMILES string of the molecule is C/C(=C\C(=O)O)c1nc[nH]c1C. The minimum absolute atomic E-state index is 0.654. The molecule has 1 aromatic heterocycles. The van der Waals surface area contributed by atoms with Gasteiger partial charge in [0.25, 0.3) is 0 Å². The maximum Gasteiger partial charge on any atom is 0.328 e. The summed E-state index contributed by atoms with van der Waals surface area (Å²) in [5, 5.41) is 8.46. The molecule has 4 heteroatoms. The molecule has 0 unspecified atom stereocenters. The number of aromatic nitrogens is 2. The van der Waals surface area contributed by atoms with Gasteiger partial charge in [-0.2, -0.15) is 0 Å². The Bertz CT molecular complexity index is 326.